The number of hydrogen-bond donors (Lipinski definition) is 2. The van der Waals surface area contributed by atoms with Crippen LogP contribution in [0.4, 0.5) is 14.6 Å². The zero-order valence-electron chi connectivity index (χ0n) is 22.5. The molecule has 40 heavy (non-hydrogen) atoms. The Morgan fingerprint density at radius 1 is 1.07 bits per heavy atom. The van der Waals surface area contributed by atoms with Gasteiger partial charge in [0.05, 0.1) is 18.7 Å². The molecule has 2 saturated heterocycles. The number of nitrogens with one attached hydrogen (secondary N) is 2. The van der Waals surface area contributed by atoms with Crippen molar-refractivity contribution >= 4 is 33.6 Å². The second kappa shape index (κ2) is 11.5. The molecule has 2 bridgehead atoms. The third-order valence-corrected chi connectivity index (χ3v) is 8.37. The first-order valence-corrected chi connectivity index (χ1v) is 14.1. The number of rotatable bonds is 7. The molecule has 2 aliphatic rings. The first kappa shape index (κ1) is 28.0. The number of pyridine rings is 1. The molecule has 1 aromatic heterocycles. The van der Waals surface area contributed by atoms with Crippen molar-refractivity contribution in [3.8, 4) is 5.75 Å². The lowest BCUT2D eigenvalue weighted by molar-refractivity contribution is 0.0922. The third-order valence-electron chi connectivity index (χ3n) is 7.92. The van der Waals surface area contributed by atoms with Crippen LogP contribution in [0.2, 0.25) is 0 Å². The Kier molecular flexibility index (Phi) is 8.07. The fourth-order valence-electron chi connectivity index (χ4n) is 6.01. The van der Waals surface area contributed by atoms with E-state index in [9.17, 15) is 18.4 Å². The molecule has 0 radical (unpaired) electrons. The van der Waals surface area contributed by atoms with Gasteiger partial charge in [-0.2, -0.15) is 0 Å². The smallest absolute Gasteiger partial charge is 0.253 e. The van der Waals surface area contributed by atoms with Gasteiger partial charge in [0.1, 0.15) is 23.2 Å². The lowest BCUT2D eigenvalue weighted by Gasteiger charge is -2.40. The lowest BCUT2D eigenvalue weighted by atomic mass is 9.96. The van der Waals surface area contributed by atoms with Crippen molar-refractivity contribution in [3.05, 3.63) is 87.0 Å². The largest absolute Gasteiger partial charge is 0.496 e. The van der Waals surface area contributed by atoms with E-state index in [2.05, 4.69) is 36.4 Å². The van der Waals surface area contributed by atoms with Crippen LogP contribution in [0.1, 0.15) is 70.5 Å². The van der Waals surface area contributed by atoms with Crippen LogP contribution in [0, 0.1) is 18.6 Å². The summed E-state index contributed by atoms with van der Waals surface area (Å²) < 4.78 is 34.3. The van der Waals surface area contributed by atoms with Crippen LogP contribution in [0.5, 0.6) is 5.75 Å². The molecular weight excluding hydrogens is 582 g/mol. The predicted molar refractivity (Wildman–Crippen MR) is 152 cm³/mol. The Bertz CT molecular complexity index is 1400. The molecule has 2 aromatic carbocycles. The van der Waals surface area contributed by atoms with Crippen LogP contribution in [0.25, 0.3) is 0 Å². The Labute approximate surface area is 240 Å². The Morgan fingerprint density at radius 2 is 1.75 bits per heavy atom. The minimum absolute atomic E-state index is 0.0535. The van der Waals surface area contributed by atoms with E-state index in [1.807, 2.05) is 31.2 Å². The molecule has 210 valence electrons. The normalized spacial score (nSPS) is 20.6. The maximum Gasteiger partial charge on any atom is 0.253 e. The van der Waals surface area contributed by atoms with Crippen LogP contribution in [-0.2, 0) is 0 Å². The maximum atomic E-state index is 14.3. The van der Waals surface area contributed by atoms with Crippen molar-refractivity contribution in [1.82, 2.24) is 15.6 Å². The van der Waals surface area contributed by atoms with E-state index >= 15 is 0 Å². The number of methoxy groups -OCH3 is 1. The number of aromatic nitrogens is 1. The number of carbonyl (C=O) groups is 2. The average Bonchev–Trinajstić information content (AvgIpc) is 3.18. The number of ether oxygens (including phenoxy) is 1. The highest BCUT2D eigenvalue weighted by Gasteiger charge is 2.42. The van der Waals surface area contributed by atoms with E-state index in [1.54, 1.807) is 13.2 Å². The molecule has 5 rings (SSSR count). The van der Waals surface area contributed by atoms with Crippen molar-refractivity contribution in [2.24, 2.45) is 0 Å². The number of amides is 2. The number of fused-ring (bicyclic) bond motifs is 2. The minimum Gasteiger partial charge on any atom is -0.496 e. The number of benzene rings is 2. The number of anilines is 1. The topological polar surface area (TPSA) is 83.6 Å². The van der Waals surface area contributed by atoms with Crippen molar-refractivity contribution < 1.29 is 23.1 Å². The second-order valence-electron chi connectivity index (χ2n) is 10.5. The Balaban J connectivity index is 1.22. The molecular formula is C30H31BrF2N4O3. The highest BCUT2D eigenvalue weighted by molar-refractivity contribution is 9.10. The number of hydrogen-bond acceptors (Lipinski definition) is 5. The van der Waals surface area contributed by atoms with Gasteiger partial charge in [0.25, 0.3) is 11.8 Å². The van der Waals surface area contributed by atoms with Gasteiger partial charge in [0.2, 0.25) is 0 Å². The zero-order valence-corrected chi connectivity index (χ0v) is 24.1. The predicted octanol–water partition coefficient (Wildman–Crippen LogP) is 5.86. The van der Waals surface area contributed by atoms with E-state index in [4.69, 9.17) is 4.74 Å². The van der Waals surface area contributed by atoms with Crippen LogP contribution in [0.15, 0.2) is 53.1 Å². The molecule has 3 heterocycles. The quantitative estimate of drug-likeness (QED) is 0.349. The molecule has 2 aliphatic heterocycles. The van der Waals surface area contributed by atoms with Crippen molar-refractivity contribution in [3.63, 3.8) is 0 Å². The van der Waals surface area contributed by atoms with Gasteiger partial charge in [-0.25, -0.2) is 13.8 Å². The summed E-state index contributed by atoms with van der Waals surface area (Å²) in [5.74, 6) is -0.572. The SMILES string of the molecule is COc1cccc(C(=O)NC2C[C@H]3CC[C@@H](C2)N3c2ccc(C(=O)NC(C)c3c(F)cc(Br)cc3F)cn2)c1C. The maximum absolute atomic E-state index is 14.3. The summed E-state index contributed by atoms with van der Waals surface area (Å²) >= 11 is 3.06. The summed E-state index contributed by atoms with van der Waals surface area (Å²) in [6, 6.07) is 10.9. The number of piperidine rings is 1. The third kappa shape index (κ3) is 5.54. The molecule has 10 heteroatoms. The summed E-state index contributed by atoms with van der Waals surface area (Å²) in [5.41, 5.74) is 1.54. The highest BCUT2D eigenvalue weighted by Crippen LogP contribution is 2.39. The molecule has 3 aromatic rings. The molecule has 7 nitrogen and oxygen atoms in total. The van der Waals surface area contributed by atoms with Gasteiger partial charge < -0.3 is 20.3 Å². The number of carbonyl (C=O) groups excluding carboxylic acids is 2. The van der Waals surface area contributed by atoms with Crippen molar-refractivity contribution in [2.45, 2.75) is 63.7 Å². The fourth-order valence-corrected chi connectivity index (χ4v) is 6.41. The molecule has 2 unspecified atom stereocenters. The minimum atomic E-state index is -0.869. The molecule has 2 N–H and O–H groups in total. The van der Waals surface area contributed by atoms with E-state index in [0.29, 0.717) is 16.9 Å². The highest BCUT2D eigenvalue weighted by atomic mass is 79.9. The first-order valence-electron chi connectivity index (χ1n) is 13.3. The van der Waals surface area contributed by atoms with E-state index in [0.717, 1.165) is 37.1 Å². The van der Waals surface area contributed by atoms with Crippen molar-refractivity contribution in [1.29, 1.82) is 0 Å². The van der Waals surface area contributed by atoms with Crippen LogP contribution < -0.4 is 20.3 Å². The van der Waals surface area contributed by atoms with Gasteiger partial charge >= 0.3 is 0 Å². The lowest BCUT2D eigenvalue weighted by Crippen LogP contribution is -2.50. The Hall–Kier alpha value is -3.53. The van der Waals surface area contributed by atoms with Gasteiger partial charge in [-0.05, 0) is 75.9 Å². The van der Waals surface area contributed by atoms with E-state index in [1.165, 1.54) is 25.3 Å². The van der Waals surface area contributed by atoms with Crippen LogP contribution >= 0.6 is 15.9 Å². The molecule has 2 amide bonds. The van der Waals surface area contributed by atoms with Gasteiger partial charge in [0.15, 0.2) is 0 Å². The number of nitrogens with zero attached hydrogens (tertiary/aromatic N) is 2. The van der Waals surface area contributed by atoms with E-state index < -0.39 is 23.6 Å². The summed E-state index contributed by atoms with van der Waals surface area (Å²) in [5, 5.41) is 5.87. The van der Waals surface area contributed by atoms with Gasteiger partial charge in [-0.15, -0.1) is 0 Å². The van der Waals surface area contributed by atoms with Gasteiger partial charge in [-0.1, -0.05) is 22.0 Å². The standard InChI is InChI=1S/C30H31BrF2N4O3/c1-16-23(5-4-6-26(16)40-3)30(39)36-20-13-21-8-9-22(14-20)37(21)27-10-7-18(15-34-27)29(38)35-17(2)28-24(32)11-19(31)12-25(28)33/h4-7,10-12,15,17,20-22H,8-9,13-14H2,1-3H3,(H,35,38)(H,36,39)/t17?,20?,21-,22+. The molecule has 0 aliphatic carbocycles. The Morgan fingerprint density at radius 3 is 2.35 bits per heavy atom. The van der Waals surface area contributed by atoms with Crippen molar-refractivity contribution in [2.75, 3.05) is 12.0 Å². The average molecular weight is 614 g/mol. The zero-order chi connectivity index (χ0) is 28.6. The molecule has 4 atom stereocenters. The molecule has 2 fully saturated rings. The summed E-state index contributed by atoms with van der Waals surface area (Å²) in [6.45, 7) is 3.42. The number of halogens is 3. The summed E-state index contributed by atoms with van der Waals surface area (Å²) in [7, 11) is 1.59. The monoisotopic (exact) mass is 612 g/mol. The fraction of sp³-hybridized carbons (Fsp3) is 0.367. The van der Waals surface area contributed by atoms with Crippen LogP contribution in [0.3, 0.4) is 0 Å². The van der Waals surface area contributed by atoms with Crippen LogP contribution in [-0.4, -0.2) is 42.0 Å². The van der Waals surface area contributed by atoms with Gasteiger partial charge in [0, 0.05) is 45.5 Å². The summed E-state index contributed by atoms with van der Waals surface area (Å²) in [6.07, 6.45) is 5.10. The van der Waals surface area contributed by atoms with Gasteiger partial charge in [-0.3, -0.25) is 9.59 Å². The molecule has 0 spiro atoms. The van der Waals surface area contributed by atoms with E-state index in [-0.39, 0.29) is 34.1 Å². The first-order chi connectivity index (χ1) is 19.2. The second-order valence-corrected chi connectivity index (χ2v) is 11.4. The summed E-state index contributed by atoms with van der Waals surface area (Å²) in [4.78, 5) is 32.7. The molecule has 0 saturated carbocycles.